The summed E-state index contributed by atoms with van der Waals surface area (Å²) in [6.45, 7) is 8.50. The molecule has 0 aliphatic heterocycles. The summed E-state index contributed by atoms with van der Waals surface area (Å²) in [7, 11) is -1.52. The molecular weight excluding hydrogens is 212 g/mol. The van der Waals surface area contributed by atoms with Gasteiger partial charge in [0.1, 0.15) is 0 Å². The Balaban J connectivity index is 2.82. The van der Waals surface area contributed by atoms with Crippen molar-refractivity contribution in [3.05, 3.63) is 35.9 Å². The van der Waals surface area contributed by atoms with E-state index in [9.17, 15) is 0 Å². The summed E-state index contributed by atoms with van der Waals surface area (Å²) in [5.41, 5.74) is 1.23. The SMILES string of the molecule is CC#CCC(O[Si](C)(C)C)c1ccccc1. The number of benzene rings is 1. The summed E-state index contributed by atoms with van der Waals surface area (Å²) in [6.07, 6.45) is 0.908. The van der Waals surface area contributed by atoms with Crippen LogP contribution in [0, 0.1) is 11.8 Å². The maximum Gasteiger partial charge on any atom is 0.184 e. The minimum atomic E-state index is -1.52. The minimum absolute atomic E-state index is 0.125. The zero-order valence-electron chi connectivity index (χ0n) is 10.6. The molecule has 2 heteroatoms. The van der Waals surface area contributed by atoms with Crippen LogP contribution < -0.4 is 0 Å². The highest BCUT2D eigenvalue weighted by Crippen LogP contribution is 2.24. The first-order chi connectivity index (χ1) is 7.53. The molecular formula is C14H20OSi. The summed E-state index contributed by atoms with van der Waals surface area (Å²) in [6, 6.07) is 10.4. The van der Waals surface area contributed by atoms with Gasteiger partial charge in [0.2, 0.25) is 0 Å². The fraction of sp³-hybridized carbons (Fsp3) is 0.429. The smallest absolute Gasteiger partial charge is 0.184 e. The van der Waals surface area contributed by atoms with Crippen LogP contribution in [0.4, 0.5) is 0 Å². The van der Waals surface area contributed by atoms with Gasteiger partial charge in [-0.1, -0.05) is 30.3 Å². The molecule has 0 heterocycles. The number of hydrogen-bond acceptors (Lipinski definition) is 1. The van der Waals surface area contributed by atoms with E-state index in [0.717, 1.165) is 6.42 Å². The fourth-order valence-corrected chi connectivity index (χ4v) is 2.59. The summed E-state index contributed by atoms with van der Waals surface area (Å²) >= 11 is 0. The highest BCUT2D eigenvalue weighted by Gasteiger charge is 2.21. The second-order valence-electron chi connectivity index (χ2n) is 4.76. The van der Waals surface area contributed by atoms with Gasteiger partial charge in [0.15, 0.2) is 8.32 Å². The molecule has 86 valence electrons. The highest BCUT2D eigenvalue weighted by molar-refractivity contribution is 6.69. The van der Waals surface area contributed by atoms with Crippen LogP contribution in [0.2, 0.25) is 19.6 Å². The molecule has 16 heavy (non-hydrogen) atoms. The van der Waals surface area contributed by atoms with Gasteiger partial charge in [0.05, 0.1) is 6.10 Å². The van der Waals surface area contributed by atoms with Gasteiger partial charge in [0.25, 0.3) is 0 Å². The van der Waals surface area contributed by atoms with Crippen LogP contribution in [-0.2, 0) is 4.43 Å². The van der Waals surface area contributed by atoms with Crippen LogP contribution in [0.15, 0.2) is 30.3 Å². The van der Waals surface area contributed by atoms with Crippen molar-refractivity contribution in [3.63, 3.8) is 0 Å². The maximum atomic E-state index is 6.16. The van der Waals surface area contributed by atoms with E-state index >= 15 is 0 Å². The Morgan fingerprint density at radius 3 is 2.31 bits per heavy atom. The van der Waals surface area contributed by atoms with Gasteiger partial charge in [-0.2, -0.15) is 0 Å². The van der Waals surface area contributed by atoms with E-state index in [4.69, 9.17) is 4.43 Å². The molecule has 0 bridgehead atoms. The van der Waals surface area contributed by atoms with Crippen molar-refractivity contribution in [3.8, 4) is 11.8 Å². The van der Waals surface area contributed by atoms with Gasteiger partial charge in [0, 0.05) is 6.42 Å². The van der Waals surface area contributed by atoms with Crippen LogP contribution in [0.5, 0.6) is 0 Å². The van der Waals surface area contributed by atoms with Gasteiger partial charge >= 0.3 is 0 Å². The molecule has 0 radical (unpaired) electrons. The zero-order chi connectivity index (χ0) is 12.0. The van der Waals surface area contributed by atoms with E-state index in [1.807, 2.05) is 13.0 Å². The molecule has 1 aromatic carbocycles. The Kier molecular flexibility index (Phi) is 4.79. The molecule has 1 rings (SSSR count). The maximum absolute atomic E-state index is 6.16. The van der Waals surface area contributed by atoms with Crippen LogP contribution in [-0.4, -0.2) is 8.32 Å². The summed E-state index contributed by atoms with van der Waals surface area (Å²) in [5.74, 6) is 6.06. The first kappa shape index (κ1) is 13.0. The van der Waals surface area contributed by atoms with Crippen molar-refractivity contribution in [2.24, 2.45) is 0 Å². The highest BCUT2D eigenvalue weighted by atomic mass is 28.4. The molecule has 0 amide bonds. The van der Waals surface area contributed by atoms with E-state index in [1.165, 1.54) is 5.56 Å². The van der Waals surface area contributed by atoms with Crippen molar-refractivity contribution in [2.75, 3.05) is 0 Å². The van der Waals surface area contributed by atoms with Gasteiger partial charge in [-0.05, 0) is 32.1 Å². The quantitative estimate of drug-likeness (QED) is 0.563. The molecule has 1 aromatic rings. The van der Waals surface area contributed by atoms with Crippen molar-refractivity contribution < 1.29 is 4.43 Å². The first-order valence-electron chi connectivity index (χ1n) is 5.65. The fourth-order valence-electron chi connectivity index (χ4n) is 1.52. The van der Waals surface area contributed by atoms with Crippen molar-refractivity contribution in [2.45, 2.75) is 39.1 Å². The lowest BCUT2D eigenvalue weighted by molar-refractivity contribution is 0.204. The van der Waals surface area contributed by atoms with E-state index in [1.54, 1.807) is 0 Å². The molecule has 0 spiro atoms. The zero-order valence-corrected chi connectivity index (χ0v) is 11.6. The Morgan fingerprint density at radius 1 is 1.19 bits per heavy atom. The average molecular weight is 232 g/mol. The van der Waals surface area contributed by atoms with E-state index in [2.05, 4.69) is 55.7 Å². The second-order valence-corrected chi connectivity index (χ2v) is 9.22. The summed E-state index contributed by atoms with van der Waals surface area (Å²) in [4.78, 5) is 0. The Morgan fingerprint density at radius 2 is 1.81 bits per heavy atom. The van der Waals surface area contributed by atoms with E-state index in [-0.39, 0.29) is 6.10 Å². The summed E-state index contributed by atoms with van der Waals surface area (Å²) < 4.78 is 6.16. The van der Waals surface area contributed by atoms with Crippen LogP contribution in [0.3, 0.4) is 0 Å². The monoisotopic (exact) mass is 232 g/mol. The van der Waals surface area contributed by atoms with E-state index in [0.29, 0.717) is 0 Å². The largest absolute Gasteiger partial charge is 0.410 e. The third-order valence-electron chi connectivity index (χ3n) is 2.13. The van der Waals surface area contributed by atoms with Gasteiger partial charge < -0.3 is 4.43 Å². The minimum Gasteiger partial charge on any atom is -0.410 e. The Labute approximate surface area is 100.0 Å². The third-order valence-corrected chi connectivity index (χ3v) is 3.12. The normalized spacial score (nSPS) is 12.8. The standard InChI is InChI=1S/C14H20OSi/c1-5-6-12-14(15-16(2,3)4)13-10-8-7-9-11-13/h7-11,14H,12H2,1-4H3. The number of hydrogen-bond donors (Lipinski definition) is 0. The Bertz CT molecular complexity index is 367. The molecule has 0 saturated heterocycles. The van der Waals surface area contributed by atoms with Crippen LogP contribution >= 0.6 is 0 Å². The van der Waals surface area contributed by atoms with Crippen molar-refractivity contribution >= 4 is 8.32 Å². The van der Waals surface area contributed by atoms with Gasteiger partial charge in [-0.3, -0.25) is 0 Å². The molecule has 0 aliphatic rings. The predicted molar refractivity (Wildman–Crippen MR) is 71.7 cm³/mol. The van der Waals surface area contributed by atoms with Gasteiger partial charge in [-0.15, -0.1) is 11.8 Å². The molecule has 0 aliphatic carbocycles. The predicted octanol–water partition coefficient (Wildman–Crippen LogP) is 3.99. The van der Waals surface area contributed by atoms with Crippen LogP contribution in [0.25, 0.3) is 0 Å². The summed E-state index contributed by atoms with van der Waals surface area (Å²) in [5, 5.41) is 0. The molecule has 1 atom stereocenters. The van der Waals surface area contributed by atoms with Crippen molar-refractivity contribution in [1.82, 2.24) is 0 Å². The molecule has 1 nitrogen and oxygen atoms in total. The molecule has 0 saturated carbocycles. The van der Waals surface area contributed by atoms with Gasteiger partial charge in [-0.25, -0.2) is 0 Å². The Hall–Kier alpha value is -1.04. The van der Waals surface area contributed by atoms with Crippen LogP contribution in [0.1, 0.15) is 25.0 Å². The molecule has 0 fully saturated rings. The number of rotatable bonds is 4. The van der Waals surface area contributed by atoms with E-state index < -0.39 is 8.32 Å². The molecule has 0 aromatic heterocycles. The lowest BCUT2D eigenvalue weighted by Crippen LogP contribution is -2.27. The topological polar surface area (TPSA) is 9.23 Å². The van der Waals surface area contributed by atoms with Crippen molar-refractivity contribution in [1.29, 1.82) is 0 Å². The third kappa shape index (κ3) is 4.65. The molecule has 1 unspecified atom stereocenters. The molecule has 0 N–H and O–H groups in total. The lowest BCUT2D eigenvalue weighted by Gasteiger charge is -2.25. The lowest BCUT2D eigenvalue weighted by atomic mass is 10.1. The first-order valence-corrected chi connectivity index (χ1v) is 9.06. The second kappa shape index (κ2) is 5.88. The average Bonchev–Trinajstić information content (AvgIpc) is 2.24.